The number of aromatic nitrogens is 3. The van der Waals surface area contributed by atoms with Gasteiger partial charge in [-0.1, -0.05) is 6.07 Å². The Morgan fingerprint density at radius 2 is 2.05 bits per heavy atom. The zero-order valence-electron chi connectivity index (χ0n) is 23.8. The summed E-state index contributed by atoms with van der Waals surface area (Å²) in [6.45, 7) is 3.02. The van der Waals surface area contributed by atoms with Crippen LogP contribution in [0, 0.1) is 5.92 Å². The number of nitrogens with zero attached hydrogens (tertiary/aromatic N) is 4. The molecule has 15 heteroatoms. The third kappa shape index (κ3) is 6.45. The SMILES string of the molecule is COC[C@H](c1ccc2oc([C@@H](NC(=O)c3ccnn3C(C)C)[C@H]3CCCC(F)(F)C3)nc2c1)N1C[C@@H](C(F)(F)F)NC1=O. The molecule has 2 aromatic heterocycles. The van der Waals surface area contributed by atoms with Crippen molar-refractivity contribution < 1.29 is 40.7 Å². The van der Waals surface area contributed by atoms with E-state index in [2.05, 4.69) is 15.4 Å². The maximum atomic E-state index is 14.5. The van der Waals surface area contributed by atoms with Crippen molar-refractivity contribution in [2.75, 3.05) is 20.3 Å². The molecular weight excluding hydrogens is 579 g/mol. The van der Waals surface area contributed by atoms with E-state index in [9.17, 15) is 31.5 Å². The van der Waals surface area contributed by atoms with Crippen LogP contribution in [-0.2, 0) is 4.74 Å². The molecule has 10 nitrogen and oxygen atoms in total. The van der Waals surface area contributed by atoms with Gasteiger partial charge in [-0.2, -0.15) is 18.3 Å². The van der Waals surface area contributed by atoms with E-state index in [4.69, 9.17) is 9.15 Å². The van der Waals surface area contributed by atoms with E-state index in [1.54, 1.807) is 18.2 Å². The fraction of sp³-hybridized carbons (Fsp3) is 0.571. The summed E-state index contributed by atoms with van der Waals surface area (Å²) in [7, 11) is 1.37. The summed E-state index contributed by atoms with van der Waals surface area (Å²) in [6, 6.07) is 1.33. The third-order valence-corrected chi connectivity index (χ3v) is 7.94. The average Bonchev–Trinajstić information content (AvgIpc) is 3.67. The molecule has 3 heterocycles. The predicted molar refractivity (Wildman–Crippen MR) is 143 cm³/mol. The largest absolute Gasteiger partial charge is 0.438 e. The van der Waals surface area contributed by atoms with Crippen LogP contribution in [0.25, 0.3) is 11.1 Å². The minimum atomic E-state index is -4.62. The van der Waals surface area contributed by atoms with Crippen LogP contribution in [0.1, 0.15) is 79.6 Å². The molecule has 1 saturated carbocycles. The van der Waals surface area contributed by atoms with Crippen molar-refractivity contribution in [3.63, 3.8) is 0 Å². The zero-order chi connectivity index (χ0) is 31.1. The van der Waals surface area contributed by atoms with Gasteiger partial charge in [-0.25, -0.2) is 18.6 Å². The molecule has 0 unspecified atom stereocenters. The monoisotopic (exact) mass is 612 g/mol. The van der Waals surface area contributed by atoms with Gasteiger partial charge in [-0.3, -0.25) is 9.48 Å². The number of oxazole rings is 1. The first-order valence-electron chi connectivity index (χ1n) is 14.0. The van der Waals surface area contributed by atoms with Gasteiger partial charge < -0.3 is 24.7 Å². The van der Waals surface area contributed by atoms with Crippen molar-refractivity contribution in [3.8, 4) is 0 Å². The van der Waals surface area contributed by atoms with E-state index < -0.39 is 61.0 Å². The molecule has 1 aromatic carbocycles. The number of urea groups is 1. The second-order valence-corrected chi connectivity index (χ2v) is 11.4. The number of alkyl halides is 5. The molecule has 234 valence electrons. The molecule has 0 spiro atoms. The second-order valence-electron chi connectivity index (χ2n) is 11.4. The number of rotatable bonds is 9. The highest BCUT2D eigenvalue weighted by atomic mass is 19.4. The van der Waals surface area contributed by atoms with E-state index in [1.165, 1.54) is 24.1 Å². The first kappa shape index (κ1) is 30.7. The first-order chi connectivity index (χ1) is 20.3. The summed E-state index contributed by atoms with van der Waals surface area (Å²) >= 11 is 0. The fourth-order valence-electron chi connectivity index (χ4n) is 5.83. The van der Waals surface area contributed by atoms with Crippen LogP contribution in [0.15, 0.2) is 34.9 Å². The number of carbonyl (C=O) groups excluding carboxylic acids is 2. The lowest BCUT2D eigenvalue weighted by molar-refractivity contribution is -0.150. The van der Waals surface area contributed by atoms with Gasteiger partial charge in [0.05, 0.1) is 19.2 Å². The summed E-state index contributed by atoms with van der Waals surface area (Å²) in [4.78, 5) is 31.4. The topological polar surface area (TPSA) is 115 Å². The number of fused-ring (bicyclic) bond motifs is 1. The molecule has 2 N–H and O–H groups in total. The van der Waals surface area contributed by atoms with E-state index >= 15 is 0 Å². The Kier molecular flexibility index (Phi) is 8.38. The first-order valence-corrected chi connectivity index (χ1v) is 14.0. The van der Waals surface area contributed by atoms with Gasteiger partial charge in [0.25, 0.3) is 5.91 Å². The molecule has 2 aliphatic rings. The molecule has 43 heavy (non-hydrogen) atoms. The van der Waals surface area contributed by atoms with Crippen LogP contribution in [0.3, 0.4) is 0 Å². The predicted octanol–water partition coefficient (Wildman–Crippen LogP) is 5.55. The van der Waals surface area contributed by atoms with E-state index in [0.717, 1.165) is 4.90 Å². The molecule has 1 aliphatic heterocycles. The number of halogens is 5. The van der Waals surface area contributed by atoms with E-state index in [-0.39, 0.29) is 48.2 Å². The molecule has 1 saturated heterocycles. The lowest BCUT2D eigenvalue weighted by Gasteiger charge is -2.33. The van der Waals surface area contributed by atoms with Gasteiger partial charge >= 0.3 is 12.2 Å². The van der Waals surface area contributed by atoms with Crippen LogP contribution in [0.5, 0.6) is 0 Å². The summed E-state index contributed by atoms with van der Waals surface area (Å²) in [5.41, 5.74) is 1.26. The normalized spacial score (nSPS) is 22.2. The van der Waals surface area contributed by atoms with Crippen molar-refractivity contribution in [2.24, 2.45) is 5.92 Å². The van der Waals surface area contributed by atoms with Crippen LogP contribution in [0.2, 0.25) is 0 Å². The van der Waals surface area contributed by atoms with Crippen molar-refractivity contribution in [2.45, 2.75) is 75.8 Å². The van der Waals surface area contributed by atoms with Gasteiger partial charge in [0.15, 0.2) is 5.58 Å². The average molecular weight is 613 g/mol. The van der Waals surface area contributed by atoms with Crippen molar-refractivity contribution >= 4 is 23.0 Å². The summed E-state index contributed by atoms with van der Waals surface area (Å²) in [6.07, 6.45) is -3.18. The van der Waals surface area contributed by atoms with E-state index in [0.29, 0.717) is 12.0 Å². The highest BCUT2D eigenvalue weighted by Gasteiger charge is 2.48. The fourth-order valence-corrected chi connectivity index (χ4v) is 5.83. The Morgan fingerprint density at radius 3 is 2.70 bits per heavy atom. The molecule has 0 radical (unpaired) electrons. The molecule has 3 amide bonds. The maximum absolute atomic E-state index is 14.5. The molecule has 0 bridgehead atoms. The Bertz CT molecular complexity index is 1470. The summed E-state index contributed by atoms with van der Waals surface area (Å²) in [5.74, 6) is -4.09. The van der Waals surface area contributed by atoms with Crippen LogP contribution in [-0.4, -0.2) is 70.0 Å². The number of hydrogen-bond acceptors (Lipinski definition) is 6. The minimum absolute atomic E-state index is 0.0261. The third-order valence-electron chi connectivity index (χ3n) is 7.94. The minimum Gasteiger partial charge on any atom is -0.438 e. The molecular formula is C28H33F5N6O4. The lowest BCUT2D eigenvalue weighted by atomic mass is 9.81. The highest BCUT2D eigenvalue weighted by molar-refractivity contribution is 5.92. The van der Waals surface area contributed by atoms with Crippen molar-refractivity contribution in [3.05, 3.63) is 47.6 Å². The van der Waals surface area contributed by atoms with Gasteiger partial charge in [-0.15, -0.1) is 0 Å². The Labute approximate surface area is 243 Å². The number of amides is 3. The van der Waals surface area contributed by atoms with Crippen molar-refractivity contribution in [1.82, 2.24) is 30.3 Å². The molecule has 5 rings (SSSR count). The second kappa shape index (κ2) is 11.7. The number of nitrogens with one attached hydrogen (secondary N) is 2. The van der Waals surface area contributed by atoms with Crippen LogP contribution < -0.4 is 10.6 Å². The van der Waals surface area contributed by atoms with Crippen LogP contribution >= 0.6 is 0 Å². The Morgan fingerprint density at radius 1 is 1.28 bits per heavy atom. The molecule has 2 fully saturated rings. The number of carbonyl (C=O) groups is 2. The maximum Gasteiger partial charge on any atom is 0.410 e. The molecule has 4 atom stereocenters. The smallest absolute Gasteiger partial charge is 0.410 e. The Hall–Kier alpha value is -3.75. The number of methoxy groups -OCH3 is 1. The lowest BCUT2D eigenvalue weighted by Crippen LogP contribution is -2.40. The summed E-state index contributed by atoms with van der Waals surface area (Å²) in [5, 5.41) is 8.98. The molecule has 3 aromatic rings. The number of hydrogen-bond donors (Lipinski definition) is 2. The quantitative estimate of drug-likeness (QED) is 0.307. The van der Waals surface area contributed by atoms with Gasteiger partial charge in [0.1, 0.15) is 23.3 Å². The standard InChI is InChI=1S/C28H33F5N6O4/c1-15(2)39-19(8-10-34-39)24(40)37-23(17-5-4-9-27(29,30)12-17)25-35-18-11-16(6-7-21(18)43-25)20(14-42-3)38-13-22(28(31,32)33)36-26(38)41/h6-8,10-11,15,17,20,22-23H,4-5,9,12-14H2,1-3H3,(H,36,41)(H,37,40)/t17-,20+,22-,23-/m0/s1. The summed E-state index contributed by atoms with van der Waals surface area (Å²) < 4.78 is 81.7. The van der Waals surface area contributed by atoms with E-state index in [1.807, 2.05) is 19.2 Å². The Balaban J connectivity index is 1.47. The van der Waals surface area contributed by atoms with Gasteiger partial charge in [0, 0.05) is 32.2 Å². The van der Waals surface area contributed by atoms with Gasteiger partial charge in [-0.05, 0) is 56.4 Å². The highest BCUT2D eigenvalue weighted by Crippen LogP contribution is 2.43. The van der Waals surface area contributed by atoms with Gasteiger partial charge in [0.2, 0.25) is 11.8 Å². The zero-order valence-corrected chi connectivity index (χ0v) is 23.8. The van der Waals surface area contributed by atoms with Crippen LogP contribution in [0.4, 0.5) is 26.7 Å². The number of benzene rings is 1. The number of ether oxygens (including phenoxy) is 1. The molecule has 1 aliphatic carbocycles. The van der Waals surface area contributed by atoms with Crippen molar-refractivity contribution in [1.29, 1.82) is 0 Å².